The van der Waals surface area contributed by atoms with Crippen LogP contribution in [0.15, 0.2) is 22.6 Å². The van der Waals surface area contributed by atoms with Crippen LogP contribution in [0.25, 0.3) is 20.9 Å². The molecule has 0 atom stereocenters. The molecule has 0 N–H and O–H groups in total. The zero-order valence-electron chi connectivity index (χ0n) is 3.89. The smallest absolute Gasteiger partial charge is 0.0871 e. The zero-order chi connectivity index (χ0) is 6.41. The molecule has 0 spiro atoms. The van der Waals surface area contributed by atoms with Crippen LogP contribution < -0.4 is 0 Å². The van der Waals surface area contributed by atoms with Gasteiger partial charge in [0, 0.05) is 9.82 Å². The Morgan fingerprint density at radius 2 is 1.62 bits per heavy atom. The van der Waals surface area contributed by atoms with Gasteiger partial charge in [-0.2, -0.15) is 0 Å². The van der Waals surface area contributed by atoms with Gasteiger partial charge in [-0.05, 0) is 11.1 Å². The first kappa shape index (κ1) is 6.36. The van der Waals surface area contributed by atoms with Crippen molar-refractivity contribution in [1.82, 2.24) is 0 Å². The van der Waals surface area contributed by atoms with E-state index in [1.807, 2.05) is 0 Å². The van der Waals surface area contributed by atoms with Crippen molar-refractivity contribution in [3.63, 3.8) is 0 Å². The maximum Gasteiger partial charge on any atom is 0.0932 e. The predicted octanol–water partition coefficient (Wildman–Crippen LogP) is 2.08. The lowest BCUT2D eigenvalue weighted by Gasteiger charge is -1.73. The second-order valence-corrected chi connectivity index (χ2v) is 0.795. The van der Waals surface area contributed by atoms with E-state index in [0.29, 0.717) is 0 Å². The third-order valence-electron chi connectivity index (χ3n) is 0.320. The molecule has 0 heterocycles. The van der Waals surface area contributed by atoms with E-state index >= 15 is 0 Å². The standard InChI is InChI=1S/C2H2N6/c1-2(5-7-3)6-8-4/h1H2. The number of hydrogen-bond donors (Lipinski definition) is 0. The zero-order valence-corrected chi connectivity index (χ0v) is 3.89. The molecule has 6 nitrogen and oxygen atoms in total. The fourth-order valence-corrected chi connectivity index (χ4v) is 0.123. The maximum absolute atomic E-state index is 7.68. The first-order valence-electron chi connectivity index (χ1n) is 1.60. The summed E-state index contributed by atoms with van der Waals surface area (Å²) in [5.74, 6) is -0.171. The topological polar surface area (TPSA) is 97.5 Å². The first-order chi connectivity index (χ1) is 3.81. The van der Waals surface area contributed by atoms with Crippen molar-refractivity contribution in [2.45, 2.75) is 0 Å². The van der Waals surface area contributed by atoms with Gasteiger partial charge in [0.25, 0.3) is 0 Å². The number of azide groups is 1. The van der Waals surface area contributed by atoms with Gasteiger partial charge in [0.05, 0.1) is 5.82 Å². The van der Waals surface area contributed by atoms with Gasteiger partial charge in [-0.1, -0.05) is 16.8 Å². The van der Waals surface area contributed by atoms with Crippen LogP contribution in [0.5, 0.6) is 0 Å². The lowest BCUT2D eigenvalue weighted by molar-refractivity contribution is 1.21. The third kappa shape index (κ3) is 2.59. The maximum atomic E-state index is 7.68. The number of rotatable bonds is 2. The second-order valence-electron chi connectivity index (χ2n) is 0.795. The molecule has 0 aromatic rings. The van der Waals surface area contributed by atoms with Crippen molar-refractivity contribution in [1.29, 1.82) is 0 Å². The van der Waals surface area contributed by atoms with E-state index in [1.54, 1.807) is 0 Å². The van der Waals surface area contributed by atoms with Crippen LogP contribution in [-0.2, 0) is 0 Å². The van der Waals surface area contributed by atoms with Crippen LogP contribution in [0, 0.1) is 0 Å². The van der Waals surface area contributed by atoms with E-state index in [-0.39, 0.29) is 5.82 Å². The third-order valence-corrected chi connectivity index (χ3v) is 0.320. The van der Waals surface area contributed by atoms with Crippen molar-refractivity contribution in [2.24, 2.45) is 10.2 Å². The van der Waals surface area contributed by atoms with E-state index in [1.165, 1.54) is 0 Å². The van der Waals surface area contributed by atoms with Crippen molar-refractivity contribution in [3.05, 3.63) is 33.3 Å². The molecule has 40 valence electrons. The molecule has 0 aliphatic carbocycles. The van der Waals surface area contributed by atoms with E-state index in [2.05, 4.69) is 26.6 Å². The molecule has 0 aromatic carbocycles. The van der Waals surface area contributed by atoms with Crippen LogP contribution in [0.1, 0.15) is 0 Å². The molecule has 0 amide bonds. The summed E-state index contributed by atoms with van der Waals surface area (Å²) in [6.45, 7) is 3.09. The number of nitrogens with zero attached hydrogens (tertiary/aromatic N) is 6. The quantitative estimate of drug-likeness (QED) is 0.295. The first-order valence-corrected chi connectivity index (χ1v) is 1.60. The van der Waals surface area contributed by atoms with Gasteiger partial charge < -0.3 is 0 Å². The van der Waals surface area contributed by atoms with Gasteiger partial charge in [0.2, 0.25) is 0 Å². The highest BCUT2D eigenvalue weighted by Gasteiger charge is 1.74. The summed E-state index contributed by atoms with van der Waals surface area (Å²) >= 11 is 0. The van der Waals surface area contributed by atoms with Gasteiger partial charge in [0.15, 0.2) is 0 Å². The minimum Gasteiger partial charge on any atom is -0.0871 e. The lowest BCUT2D eigenvalue weighted by atomic mass is 10.9. The summed E-state index contributed by atoms with van der Waals surface area (Å²) in [7, 11) is 0. The molecule has 0 aromatic heterocycles. The van der Waals surface area contributed by atoms with Crippen LogP contribution >= 0.6 is 0 Å². The van der Waals surface area contributed by atoms with E-state index in [0.717, 1.165) is 0 Å². The van der Waals surface area contributed by atoms with Crippen LogP contribution in [0.4, 0.5) is 0 Å². The van der Waals surface area contributed by atoms with Gasteiger partial charge in [-0.15, -0.1) is 0 Å². The fraction of sp³-hybridized carbons (Fsp3) is 0. The Hall–Kier alpha value is -1.64. The van der Waals surface area contributed by atoms with Gasteiger partial charge in [0.1, 0.15) is 0 Å². The SMILES string of the molecule is C=C(N=[N+]=[N-])N=[N+]=[N-]. The molecular weight excluding hydrogens is 108 g/mol. The molecule has 0 aliphatic rings. The Morgan fingerprint density at radius 3 is 1.88 bits per heavy atom. The molecule has 0 saturated heterocycles. The van der Waals surface area contributed by atoms with Gasteiger partial charge in [-0.3, -0.25) is 0 Å². The second kappa shape index (κ2) is 3.55. The van der Waals surface area contributed by atoms with E-state index in [9.17, 15) is 0 Å². The van der Waals surface area contributed by atoms with E-state index < -0.39 is 0 Å². The summed E-state index contributed by atoms with van der Waals surface area (Å²) in [5.41, 5.74) is 15.4. The molecule has 6 heteroatoms. The monoisotopic (exact) mass is 110 g/mol. The minimum absolute atomic E-state index is 0.171. The van der Waals surface area contributed by atoms with Gasteiger partial charge in [-0.25, -0.2) is 0 Å². The Kier molecular flexibility index (Phi) is 2.82. The normalized spacial score (nSPS) is 6.00. The molecule has 0 unspecified atom stereocenters. The Labute approximate surface area is 44.7 Å². The van der Waals surface area contributed by atoms with Crippen LogP contribution in [0.3, 0.4) is 0 Å². The molecular formula is C2H2N6. The van der Waals surface area contributed by atoms with Gasteiger partial charge >= 0.3 is 0 Å². The highest BCUT2D eigenvalue weighted by molar-refractivity contribution is 4.87. The van der Waals surface area contributed by atoms with Crippen molar-refractivity contribution in [3.8, 4) is 0 Å². The Morgan fingerprint density at radius 1 is 1.25 bits per heavy atom. The number of hydrogen-bond acceptors (Lipinski definition) is 2. The summed E-state index contributed by atoms with van der Waals surface area (Å²) < 4.78 is 0. The molecule has 0 rings (SSSR count). The molecule has 0 fully saturated rings. The molecule has 0 bridgehead atoms. The summed E-state index contributed by atoms with van der Waals surface area (Å²) in [5, 5.41) is 5.76. The Bertz CT molecular complexity index is 159. The average Bonchev–Trinajstić information content (AvgIpc) is 1.68. The fourth-order valence-electron chi connectivity index (χ4n) is 0.123. The van der Waals surface area contributed by atoms with Crippen molar-refractivity contribution >= 4 is 0 Å². The minimum atomic E-state index is -0.171. The Balaban J connectivity index is 4.04. The molecule has 0 saturated carbocycles. The molecule has 0 aliphatic heterocycles. The largest absolute Gasteiger partial charge is 0.0932 e. The summed E-state index contributed by atoms with van der Waals surface area (Å²) in [6.07, 6.45) is 0. The highest BCUT2D eigenvalue weighted by Crippen LogP contribution is 1.92. The van der Waals surface area contributed by atoms with Crippen molar-refractivity contribution < 1.29 is 0 Å². The predicted molar refractivity (Wildman–Crippen MR) is 27.4 cm³/mol. The molecule has 0 radical (unpaired) electrons. The lowest BCUT2D eigenvalue weighted by Crippen LogP contribution is -1.55. The average molecular weight is 110 g/mol. The van der Waals surface area contributed by atoms with Crippen LogP contribution in [0.2, 0.25) is 0 Å². The van der Waals surface area contributed by atoms with Crippen LogP contribution in [-0.4, -0.2) is 0 Å². The van der Waals surface area contributed by atoms with Crippen molar-refractivity contribution in [2.75, 3.05) is 0 Å². The van der Waals surface area contributed by atoms with E-state index in [4.69, 9.17) is 11.1 Å². The summed E-state index contributed by atoms with van der Waals surface area (Å²) in [4.78, 5) is 4.63. The summed E-state index contributed by atoms with van der Waals surface area (Å²) in [6, 6.07) is 0. The molecule has 8 heavy (non-hydrogen) atoms. The highest BCUT2D eigenvalue weighted by atomic mass is 15.3.